The van der Waals surface area contributed by atoms with Crippen LogP contribution in [0.3, 0.4) is 0 Å². The zero-order valence-electron chi connectivity index (χ0n) is 36.5. The molecule has 3 heteroatoms. The van der Waals surface area contributed by atoms with E-state index in [0.29, 0.717) is 0 Å². The Kier molecular flexibility index (Phi) is 9.32. The van der Waals surface area contributed by atoms with Crippen LogP contribution in [0.4, 0.5) is 34.1 Å². The van der Waals surface area contributed by atoms with Crippen molar-refractivity contribution in [2.75, 3.05) is 9.80 Å². The average Bonchev–Trinajstić information content (AvgIpc) is 3.37. The van der Waals surface area contributed by atoms with Crippen LogP contribution < -0.4 is 20.2 Å². The molecule has 1 aliphatic rings. The van der Waals surface area contributed by atoms with Gasteiger partial charge in [-0.2, -0.15) is 0 Å². The molecule has 1 aliphatic heterocycles. The highest BCUT2D eigenvalue weighted by Gasteiger charge is 2.37. The van der Waals surface area contributed by atoms with Crippen LogP contribution in [-0.4, -0.2) is 8.07 Å². The van der Waals surface area contributed by atoms with Crippen LogP contribution in [0.5, 0.6) is 0 Å². The molecule has 2 nitrogen and oxygen atoms in total. The Balaban J connectivity index is 1.02. The van der Waals surface area contributed by atoms with Crippen molar-refractivity contribution in [3.8, 4) is 33.4 Å². The van der Waals surface area contributed by atoms with Crippen molar-refractivity contribution in [1.82, 2.24) is 0 Å². The van der Waals surface area contributed by atoms with Crippen LogP contribution in [0.2, 0.25) is 13.1 Å². The van der Waals surface area contributed by atoms with Gasteiger partial charge in [-0.05, 0) is 149 Å². The van der Waals surface area contributed by atoms with E-state index in [2.05, 4.69) is 266 Å². The molecule has 0 spiro atoms. The Bertz CT molecular complexity index is 3510. The zero-order chi connectivity index (χ0) is 43.5. The molecule has 0 unspecified atom stereocenters. The molecule has 0 fully saturated rings. The van der Waals surface area contributed by atoms with Crippen molar-refractivity contribution in [1.29, 1.82) is 0 Å². The third-order valence-corrected chi connectivity index (χ3v) is 17.1. The number of fused-ring (bicyclic) bond motifs is 6. The lowest BCUT2D eigenvalue weighted by atomic mass is 9.87. The minimum absolute atomic E-state index is 1.12. The van der Waals surface area contributed by atoms with E-state index in [1.165, 1.54) is 81.8 Å². The van der Waals surface area contributed by atoms with Gasteiger partial charge in [0.25, 0.3) is 0 Å². The molecular weight excluding hydrogens is 801 g/mol. The van der Waals surface area contributed by atoms with Crippen molar-refractivity contribution in [2.45, 2.75) is 13.1 Å². The highest BCUT2D eigenvalue weighted by Crippen LogP contribution is 2.46. The molecule has 0 aliphatic carbocycles. The SMILES string of the molecule is C[Si]1(C)c2cc(N(c3ccccc3)c3ccccc3-c3ccccc3)ccc2-c2cc3c4ccccc4c(-c4ccc(N(c5ccccc5)c5ccccc5)cc4)cc3c3cccc1c23. The second kappa shape index (κ2) is 15.7. The first-order valence-corrected chi connectivity index (χ1v) is 25.6. The van der Waals surface area contributed by atoms with E-state index in [4.69, 9.17) is 0 Å². The van der Waals surface area contributed by atoms with Gasteiger partial charge in [0, 0.05) is 34.0 Å². The van der Waals surface area contributed by atoms with E-state index in [1.54, 1.807) is 0 Å². The van der Waals surface area contributed by atoms with E-state index >= 15 is 0 Å². The molecule has 1 heterocycles. The van der Waals surface area contributed by atoms with Crippen molar-refractivity contribution in [2.24, 2.45) is 0 Å². The summed E-state index contributed by atoms with van der Waals surface area (Å²) in [6, 6.07) is 89.2. The van der Waals surface area contributed by atoms with Gasteiger partial charge in [-0.15, -0.1) is 0 Å². The maximum Gasteiger partial charge on any atom is 0.113 e. The third-order valence-electron chi connectivity index (χ3n) is 13.6. The Morgan fingerprint density at radius 2 is 0.769 bits per heavy atom. The number of benzene rings is 11. The number of anilines is 6. The molecule has 11 aromatic rings. The number of nitrogens with zero attached hydrogens (tertiary/aromatic N) is 2. The van der Waals surface area contributed by atoms with E-state index in [9.17, 15) is 0 Å². The molecule has 0 saturated carbocycles. The van der Waals surface area contributed by atoms with Gasteiger partial charge in [0.05, 0.1) is 5.69 Å². The second-order valence-electron chi connectivity index (χ2n) is 17.7. The van der Waals surface area contributed by atoms with Crippen LogP contribution in [0, 0.1) is 0 Å². The largest absolute Gasteiger partial charge is 0.311 e. The first kappa shape index (κ1) is 38.7. The Hall–Kier alpha value is -7.98. The molecule has 0 saturated heterocycles. The van der Waals surface area contributed by atoms with Crippen LogP contribution in [0.25, 0.3) is 65.7 Å². The molecule has 65 heavy (non-hydrogen) atoms. The van der Waals surface area contributed by atoms with Gasteiger partial charge in [0.15, 0.2) is 0 Å². The minimum Gasteiger partial charge on any atom is -0.311 e. The summed E-state index contributed by atoms with van der Waals surface area (Å²) in [5.74, 6) is 0. The normalized spacial score (nSPS) is 12.6. The molecule has 12 rings (SSSR count). The second-order valence-corrected chi connectivity index (χ2v) is 22.0. The van der Waals surface area contributed by atoms with Crippen LogP contribution in [-0.2, 0) is 0 Å². The summed E-state index contributed by atoms with van der Waals surface area (Å²) in [5.41, 5.74) is 14.4. The van der Waals surface area contributed by atoms with Crippen molar-refractivity contribution < 1.29 is 0 Å². The lowest BCUT2D eigenvalue weighted by Crippen LogP contribution is -2.56. The van der Waals surface area contributed by atoms with Gasteiger partial charge >= 0.3 is 0 Å². The van der Waals surface area contributed by atoms with Gasteiger partial charge in [0.2, 0.25) is 0 Å². The standard InChI is InChI=1S/C62H46N2Si/c1-65(2)60-33-19-31-54-57-41-55(44-34-36-48(37-35-44)63(45-22-9-4-10-23-45)46-24-11-5-12-25-46)51-29-15-16-30-52(51)56(57)42-58(62(54)60)53-39-38-49(40-61(53)65)64(47-26-13-6-14-27-47)59-32-18-17-28-50(59)43-20-7-3-8-21-43/h3-42H,1-2H3. The fourth-order valence-electron chi connectivity index (χ4n) is 10.5. The Labute approximate surface area is 382 Å². The highest BCUT2D eigenvalue weighted by atomic mass is 28.3. The lowest BCUT2D eigenvalue weighted by Gasteiger charge is -2.36. The Morgan fingerprint density at radius 3 is 1.45 bits per heavy atom. The average molecular weight is 847 g/mol. The first-order chi connectivity index (χ1) is 32.0. The molecule has 0 aromatic heterocycles. The quantitative estimate of drug-likeness (QED) is 0.111. The molecule has 0 amide bonds. The van der Waals surface area contributed by atoms with E-state index in [-0.39, 0.29) is 0 Å². The molecule has 0 atom stereocenters. The van der Waals surface area contributed by atoms with Crippen LogP contribution in [0.15, 0.2) is 243 Å². The maximum absolute atomic E-state index is 2.55. The van der Waals surface area contributed by atoms with Gasteiger partial charge in [-0.3, -0.25) is 0 Å². The van der Waals surface area contributed by atoms with Gasteiger partial charge in [0.1, 0.15) is 8.07 Å². The molecule has 0 bridgehead atoms. The van der Waals surface area contributed by atoms with E-state index in [1.807, 2.05) is 0 Å². The summed E-state index contributed by atoms with van der Waals surface area (Å²) in [5, 5.41) is 10.8. The fourth-order valence-corrected chi connectivity index (χ4v) is 13.6. The first-order valence-electron chi connectivity index (χ1n) is 22.6. The monoisotopic (exact) mass is 846 g/mol. The zero-order valence-corrected chi connectivity index (χ0v) is 37.5. The maximum atomic E-state index is 2.55. The summed E-state index contributed by atoms with van der Waals surface area (Å²) >= 11 is 0. The van der Waals surface area contributed by atoms with Crippen LogP contribution >= 0.6 is 0 Å². The van der Waals surface area contributed by atoms with Gasteiger partial charge < -0.3 is 9.80 Å². The van der Waals surface area contributed by atoms with Gasteiger partial charge in [-0.25, -0.2) is 0 Å². The number of rotatable bonds is 8. The topological polar surface area (TPSA) is 6.48 Å². The fraction of sp³-hybridized carbons (Fsp3) is 0.0323. The molecular formula is C62H46N2Si. The smallest absolute Gasteiger partial charge is 0.113 e. The summed E-state index contributed by atoms with van der Waals surface area (Å²) < 4.78 is 0. The van der Waals surface area contributed by atoms with E-state index in [0.717, 1.165) is 28.4 Å². The summed E-state index contributed by atoms with van der Waals surface area (Å²) in [7, 11) is -2.24. The Morgan fingerprint density at radius 1 is 0.277 bits per heavy atom. The van der Waals surface area contributed by atoms with Crippen molar-refractivity contribution in [3.63, 3.8) is 0 Å². The molecule has 0 radical (unpaired) electrons. The minimum atomic E-state index is -2.24. The van der Waals surface area contributed by atoms with Crippen LogP contribution in [0.1, 0.15) is 0 Å². The predicted octanol–water partition coefficient (Wildman–Crippen LogP) is 16.2. The third kappa shape index (κ3) is 6.46. The van der Waals surface area contributed by atoms with Gasteiger partial charge in [-0.1, -0.05) is 177 Å². The predicted molar refractivity (Wildman–Crippen MR) is 281 cm³/mol. The number of hydrogen-bond donors (Lipinski definition) is 0. The number of para-hydroxylation sites is 4. The summed E-state index contributed by atoms with van der Waals surface area (Å²) in [6.07, 6.45) is 0. The lowest BCUT2D eigenvalue weighted by molar-refractivity contribution is 1.28. The molecule has 308 valence electrons. The molecule has 11 aromatic carbocycles. The summed E-state index contributed by atoms with van der Waals surface area (Å²) in [4.78, 5) is 4.78. The van der Waals surface area contributed by atoms with Crippen molar-refractivity contribution in [3.05, 3.63) is 243 Å². The van der Waals surface area contributed by atoms with E-state index < -0.39 is 8.07 Å². The summed E-state index contributed by atoms with van der Waals surface area (Å²) in [6.45, 7) is 5.09. The molecule has 0 N–H and O–H groups in total. The van der Waals surface area contributed by atoms with Crippen molar-refractivity contribution >= 4 is 84.9 Å². The highest BCUT2D eigenvalue weighted by molar-refractivity contribution is 7.03. The number of hydrogen-bond acceptors (Lipinski definition) is 2.